The molecule has 0 saturated carbocycles. The van der Waals surface area contributed by atoms with Gasteiger partial charge in [0.1, 0.15) is 6.04 Å². The fourth-order valence-electron chi connectivity index (χ4n) is 1.88. The summed E-state index contributed by atoms with van der Waals surface area (Å²) in [7, 11) is 2.15. The lowest BCUT2D eigenvalue weighted by molar-refractivity contribution is -0.927. The van der Waals surface area contributed by atoms with Gasteiger partial charge in [0, 0.05) is 13.1 Å². The molecule has 14 heavy (non-hydrogen) atoms. The zero-order valence-electron chi connectivity index (χ0n) is 9.05. The number of quaternary nitrogens is 1. The number of nitrogens with one attached hydrogen (secondary N) is 1. The van der Waals surface area contributed by atoms with Crippen molar-refractivity contribution in [3.05, 3.63) is 12.2 Å². The molecule has 80 valence electrons. The Morgan fingerprint density at radius 2 is 2.00 bits per heavy atom. The molecule has 1 heterocycles. The highest BCUT2D eigenvalue weighted by Gasteiger charge is 2.34. The number of hydrogen-bond acceptors (Lipinski definition) is 2. The normalized spacial score (nSPS) is 22.7. The topological polar surface area (TPSA) is 55.1 Å². The van der Waals surface area contributed by atoms with Crippen molar-refractivity contribution in [3.8, 4) is 0 Å². The van der Waals surface area contributed by atoms with Gasteiger partial charge in [0.2, 0.25) is 5.91 Å². The van der Waals surface area contributed by atoms with Crippen LogP contribution in [0.15, 0.2) is 12.2 Å². The molecule has 0 spiro atoms. The minimum atomic E-state index is -0.379. The first-order valence-corrected chi connectivity index (χ1v) is 5.01. The number of nitrogens with two attached hydrogens (primary N) is 1. The van der Waals surface area contributed by atoms with Crippen LogP contribution in [0, 0.1) is 0 Å². The number of likely N-dealkylation sites (N-methyl/N-ethyl adjacent to an activating group) is 1. The molecule has 1 rings (SSSR count). The summed E-state index contributed by atoms with van der Waals surface area (Å²) in [6.07, 6.45) is 0. The molecule has 1 aliphatic heterocycles. The average molecular weight is 198 g/mol. The van der Waals surface area contributed by atoms with E-state index < -0.39 is 0 Å². The maximum Gasteiger partial charge on any atom is 0.250 e. The van der Waals surface area contributed by atoms with Crippen molar-refractivity contribution in [2.45, 2.75) is 13.0 Å². The van der Waals surface area contributed by atoms with E-state index in [2.05, 4.69) is 18.9 Å². The van der Waals surface area contributed by atoms with Crippen LogP contribution >= 0.6 is 0 Å². The SMILES string of the molecule is C=C(C(N)=O)C(C)[N+]1(C)CCNCC1. The van der Waals surface area contributed by atoms with Crippen molar-refractivity contribution in [1.29, 1.82) is 0 Å². The molecule has 0 aromatic heterocycles. The minimum absolute atomic E-state index is 0.120. The van der Waals surface area contributed by atoms with E-state index in [0.717, 1.165) is 30.7 Å². The maximum absolute atomic E-state index is 11.0. The third-order valence-corrected chi connectivity index (χ3v) is 3.35. The summed E-state index contributed by atoms with van der Waals surface area (Å²) in [5.74, 6) is -0.379. The van der Waals surface area contributed by atoms with Gasteiger partial charge in [0.05, 0.1) is 25.7 Å². The third kappa shape index (κ3) is 2.13. The summed E-state index contributed by atoms with van der Waals surface area (Å²) in [5.41, 5.74) is 5.77. The van der Waals surface area contributed by atoms with Crippen LogP contribution < -0.4 is 11.1 Å². The van der Waals surface area contributed by atoms with Crippen LogP contribution in [0.1, 0.15) is 6.92 Å². The van der Waals surface area contributed by atoms with Crippen LogP contribution in [0.25, 0.3) is 0 Å². The third-order valence-electron chi connectivity index (χ3n) is 3.35. The first-order valence-electron chi connectivity index (χ1n) is 5.01. The van der Waals surface area contributed by atoms with Crippen LogP contribution in [0.2, 0.25) is 0 Å². The van der Waals surface area contributed by atoms with Crippen molar-refractivity contribution >= 4 is 5.91 Å². The summed E-state index contributed by atoms with van der Waals surface area (Å²) >= 11 is 0. The fraction of sp³-hybridized carbons (Fsp3) is 0.700. The van der Waals surface area contributed by atoms with E-state index in [9.17, 15) is 4.79 Å². The lowest BCUT2D eigenvalue weighted by Crippen LogP contribution is -2.61. The number of amides is 1. The number of nitrogens with zero attached hydrogens (tertiary/aromatic N) is 1. The summed E-state index contributed by atoms with van der Waals surface area (Å²) in [6, 6.07) is 0.120. The van der Waals surface area contributed by atoms with Gasteiger partial charge < -0.3 is 15.5 Å². The van der Waals surface area contributed by atoms with Crippen molar-refractivity contribution < 1.29 is 9.28 Å². The summed E-state index contributed by atoms with van der Waals surface area (Å²) in [5, 5.41) is 3.30. The predicted molar refractivity (Wildman–Crippen MR) is 56.6 cm³/mol. The number of piperazine rings is 1. The van der Waals surface area contributed by atoms with Gasteiger partial charge in [-0.15, -0.1) is 0 Å². The Balaban J connectivity index is 2.70. The van der Waals surface area contributed by atoms with Gasteiger partial charge in [-0.25, -0.2) is 0 Å². The van der Waals surface area contributed by atoms with E-state index >= 15 is 0 Å². The van der Waals surface area contributed by atoms with E-state index in [-0.39, 0.29) is 11.9 Å². The fourth-order valence-corrected chi connectivity index (χ4v) is 1.88. The molecule has 0 bridgehead atoms. The molecule has 1 amide bonds. The number of hydrogen-bond donors (Lipinski definition) is 2. The molecule has 1 aliphatic rings. The summed E-state index contributed by atoms with van der Waals surface area (Å²) in [6.45, 7) is 9.82. The molecular formula is C10H20N3O+. The second-order valence-corrected chi connectivity index (χ2v) is 4.24. The van der Waals surface area contributed by atoms with Crippen LogP contribution in [0.5, 0.6) is 0 Å². The molecular weight excluding hydrogens is 178 g/mol. The lowest BCUT2D eigenvalue weighted by atomic mass is 10.1. The van der Waals surface area contributed by atoms with Gasteiger partial charge in [0.15, 0.2) is 0 Å². The molecule has 1 saturated heterocycles. The van der Waals surface area contributed by atoms with Gasteiger partial charge in [-0.3, -0.25) is 4.79 Å². The first kappa shape index (κ1) is 11.2. The van der Waals surface area contributed by atoms with E-state index in [0.29, 0.717) is 5.57 Å². The molecule has 0 aromatic rings. The van der Waals surface area contributed by atoms with E-state index in [1.165, 1.54) is 0 Å². The second-order valence-electron chi connectivity index (χ2n) is 4.24. The molecule has 1 unspecified atom stereocenters. The Labute approximate surface area is 85.3 Å². The molecule has 1 atom stereocenters. The van der Waals surface area contributed by atoms with Crippen LogP contribution in [-0.4, -0.2) is 49.7 Å². The Morgan fingerprint density at radius 3 is 2.43 bits per heavy atom. The van der Waals surface area contributed by atoms with Crippen LogP contribution in [-0.2, 0) is 4.79 Å². The first-order chi connectivity index (χ1) is 6.47. The van der Waals surface area contributed by atoms with Gasteiger partial charge in [-0.05, 0) is 6.92 Å². The zero-order chi connectivity index (χ0) is 10.8. The van der Waals surface area contributed by atoms with Crippen LogP contribution in [0.3, 0.4) is 0 Å². The number of rotatable bonds is 3. The van der Waals surface area contributed by atoms with E-state index in [1.807, 2.05) is 6.92 Å². The van der Waals surface area contributed by atoms with E-state index in [1.54, 1.807) is 0 Å². The zero-order valence-corrected chi connectivity index (χ0v) is 9.05. The highest BCUT2D eigenvalue weighted by atomic mass is 16.1. The van der Waals surface area contributed by atoms with Crippen molar-refractivity contribution in [2.24, 2.45) is 5.73 Å². The summed E-state index contributed by atoms with van der Waals surface area (Å²) in [4.78, 5) is 11.0. The molecule has 0 radical (unpaired) electrons. The number of primary amides is 1. The van der Waals surface area contributed by atoms with Crippen LogP contribution in [0.4, 0.5) is 0 Å². The molecule has 3 N–H and O–H groups in total. The molecule has 4 nitrogen and oxygen atoms in total. The number of carbonyl (C=O) groups is 1. The highest BCUT2D eigenvalue weighted by Crippen LogP contribution is 2.17. The van der Waals surface area contributed by atoms with Crippen molar-refractivity contribution in [2.75, 3.05) is 33.2 Å². The van der Waals surface area contributed by atoms with Crippen molar-refractivity contribution in [1.82, 2.24) is 5.32 Å². The molecule has 0 aliphatic carbocycles. The van der Waals surface area contributed by atoms with E-state index in [4.69, 9.17) is 5.73 Å². The quantitative estimate of drug-likeness (QED) is 0.473. The lowest BCUT2D eigenvalue weighted by Gasteiger charge is -2.43. The Morgan fingerprint density at radius 1 is 1.50 bits per heavy atom. The minimum Gasteiger partial charge on any atom is -0.366 e. The predicted octanol–water partition coefficient (Wildman–Crippen LogP) is -0.534. The second kappa shape index (κ2) is 4.11. The van der Waals surface area contributed by atoms with Gasteiger partial charge >= 0.3 is 0 Å². The highest BCUT2D eigenvalue weighted by molar-refractivity contribution is 5.92. The van der Waals surface area contributed by atoms with Crippen molar-refractivity contribution in [3.63, 3.8) is 0 Å². The van der Waals surface area contributed by atoms with Gasteiger partial charge in [-0.2, -0.15) is 0 Å². The average Bonchev–Trinajstić information content (AvgIpc) is 2.16. The Kier molecular flexibility index (Phi) is 3.29. The van der Waals surface area contributed by atoms with Gasteiger partial charge in [-0.1, -0.05) is 6.58 Å². The Bertz CT molecular complexity index is 244. The number of carbonyl (C=O) groups excluding carboxylic acids is 1. The summed E-state index contributed by atoms with van der Waals surface area (Å²) < 4.78 is 0.856. The molecule has 4 heteroatoms. The Hall–Kier alpha value is -0.870. The monoisotopic (exact) mass is 198 g/mol. The largest absolute Gasteiger partial charge is 0.366 e. The van der Waals surface area contributed by atoms with Gasteiger partial charge in [0.25, 0.3) is 0 Å². The smallest absolute Gasteiger partial charge is 0.250 e. The molecule has 0 aromatic carbocycles. The standard InChI is InChI=1S/C10H19N3O/c1-8(10(11)14)9(2)13(3)6-4-12-5-7-13/h9,12H,1,4-7H2,2-3H3,(H-,11,14)/p+1. The molecule has 1 fully saturated rings. The maximum atomic E-state index is 11.0.